The van der Waals surface area contributed by atoms with Crippen molar-refractivity contribution >= 4 is 6.03 Å². The molecular weight excluding hydrogens is 390 g/mol. The van der Waals surface area contributed by atoms with Crippen LogP contribution in [0, 0.1) is 0 Å². The summed E-state index contributed by atoms with van der Waals surface area (Å²) in [5.74, 6) is -0.430. The summed E-state index contributed by atoms with van der Waals surface area (Å²) in [5, 5.41) is 2.44. The quantitative estimate of drug-likeness (QED) is 0.715. The highest BCUT2D eigenvalue weighted by Gasteiger charge is 2.32. The van der Waals surface area contributed by atoms with Gasteiger partial charge in [0.15, 0.2) is 0 Å². The van der Waals surface area contributed by atoms with E-state index in [0.29, 0.717) is 5.56 Å². The second-order valence-corrected chi connectivity index (χ2v) is 5.86. The first-order valence-electron chi connectivity index (χ1n) is 7.94. The van der Waals surface area contributed by atoms with E-state index in [1.807, 2.05) is 0 Å². The Bertz CT molecular complexity index is 803. The number of amides is 2. The lowest BCUT2D eigenvalue weighted by molar-refractivity contribution is -0.274. The normalized spacial score (nSPS) is 11.8. The number of alkyl halides is 6. The number of halogens is 6. The van der Waals surface area contributed by atoms with Crippen molar-refractivity contribution in [2.75, 3.05) is 7.05 Å². The summed E-state index contributed by atoms with van der Waals surface area (Å²) in [6.45, 7) is -0.201. The summed E-state index contributed by atoms with van der Waals surface area (Å²) in [6.07, 6.45) is -9.31. The summed E-state index contributed by atoms with van der Waals surface area (Å²) in [6, 6.07) is 9.06. The van der Waals surface area contributed by atoms with Crippen molar-refractivity contribution in [2.45, 2.75) is 25.6 Å². The van der Waals surface area contributed by atoms with E-state index in [-0.39, 0.29) is 18.7 Å². The van der Waals surface area contributed by atoms with Crippen LogP contribution in [0.5, 0.6) is 5.75 Å². The van der Waals surface area contributed by atoms with Crippen molar-refractivity contribution in [3.05, 3.63) is 65.2 Å². The number of urea groups is 1. The van der Waals surface area contributed by atoms with E-state index in [0.717, 1.165) is 18.2 Å². The Kier molecular flexibility index (Phi) is 6.42. The van der Waals surface area contributed by atoms with Crippen LogP contribution < -0.4 is 10.1 Å². The van der Waals surface area contributed by atoms with E-state index in [9.17, 15) is 31.1 Å². The predicted molar refractivity (Wildman–Crippen MR) is 88.3 cm³/mol. The summed E-state index contributed by atoms with van der Waals surface area (Å²) >= 11 is 0. The zero-order valence-corrected chi connectivity index (χ0v) is 14.6. The molecule has 0 aliphatic rings. The number of nitrogens with zero attached hydrogens (tertiary/aromatic N) is 1. The van der Waals surface area contributed by atoms with Gasteiger partial charge in [0.1, 0.15) is 5.75 Å². The Balaban J connectivity index is 1.95. The number of ether oxygens (including phenoxy) is 1. The highest BCUT2D eigenvalue weighted by Crippen LogP contribution is 2.29. The van der Waals surface area contributed by atoms with Crippen LogP contribution in [0.15, 0.2) is 48.5 Å². The van der Waals surface area contributed by atoms with E-state index in [2.05, 4.69) is 10.1 Å². The molecule has 0 atom stereocenters. The fourth-order valence-electron chi connectivity index (χ4n) is 2.32. The molecule has 0 saturated heterocycles. The second kappa shape index (κ2) is 8.41. The Morgan fingerprint density at radius 2 is 1.61 bits per heavy atom. The monoisotopic (exact) mass is 406 g/mol. The van der Waals surface area contributed by atoms with E-state index >= 15 is 0 Å². The van der Waals surface area contributed by atoms with Crippen LogP contribution in [0.4, 0.5) is 31.1 Å². The summed E-state index contributed by atoms with van der Waals surface area (Å²) in [4.78, 5) is 13.3. The van der Waals surface area contributed by atoms with Crippen molar-refractivity contribution in [3.8, 4) is 5.75 Å². The predicted octanol–water partition coefficient (Wildman–Crippen LogP) is 4.95. The van der Waals surface area contributed by atoms with Gasteiger partial charge in [0.25, 0.3) is 0 Å². The SMILES string of the molecule is CN(Cc1ccc(C(F)(F)F)cc1)C(=O)NCc1ccccc1OC(F)(F)F. The summed E-state index contributed by atoms with van der Waals surface area (Å²) < 4.78 is 78.8. The van der Waals surface area contributed by atoms with Crippen molar-refractivity contribution < 1.29 is 35.9 Å². The van der Waals surface area contributed by atoms with Gasteiger partial charge in [0, 0.05) is 25.7 Å². The topological polar surface area (TPSA) is 41.6 Å². The molecule has 0 fully saturated rings. The molecule has 0 heterocycles. The molecule has 0 aromatic heterocycles. The molecule has 0 unspecified atom stereocenters. The fourth-order valence-corrected chi connectivity index (χ4v) is 2.32. The summed E-state index contributed by atoms with van der Waals surface area (Å²) in [5.41, 5.74) is -0.216. The Morgan fingerprint density at radius 1 is 1.00 bits per heavy atom. The van der Waals surface area contributed by atoms with Crippen LogP contribution >= 0.6 is 0 Å². The minimum Gasteiger partial charge on any atom is -0.405 e. The minimum atomic E-state index is -4.86. The van der Waals surface area contributed by atoms with Crippen LogP contribution in [0.2, 0.25) is 0 Å². The molecule has 0 bridgehead atoms. The fraction of sp³-hybridized carbons (Fsp3) is 0.278. The molecule has 10 heteroatoms. The molecule has 0 spiro atoms. The molecule has 0 radical (unpaired) electrons. The number of hydrogen-bond donors (Lipinski definition) is 1. The number of nitrogens with one attached hydrogen (secondary N) is 1. The molecule has 2 aromatic carbocycles. The van der Waals surface area contributed by atoms with Gasteiger partial charge in [0.05, 0.1) is 5.56 Å². The molecule has 0 aliphatic carbocycles. The van der Waals surface area contributed by atoms with Crippen LogP contribution in [0.25, 0.3) is 0 Å². The lowest BCUT2D eigenvalue weighted by Gasteiger charge is -2.19. The van der Waals surface area contributed by atoms with Crippen molar-refractivity contribution in [2.24, 2.45) is 0 Å². The maximum Gasteiger partial charge on any atom is 0.573 e. The van der Waals surface area contributed by atoms with E-state index in [4.69, 9.17) is 0 Å². The average Bonchev–Trinajstić information content (AvgIpc) is 2.59. The first-order valence-corrected chi connectivity index (χ1v) is 7.94. The third-order valence-electron chi connectivity index (χ3n) is 3.68. The number of para-hydroxylation sites is 1. The molecule has 4 nitrogen and oxygen atoms in total. The first kappa shape index (κ1) is 21.4. The number of rotatable bonds is 5. The van der Waals surface area contributed by atoms with E-state index in [1.54, 1.807) is 0 Å². The smallest absolute Gasteiger partial charge is 0.405 e. The average molecular weight is 406 g/mol. The van der Waals surface area contributed by atoms with Gasteiger partial charge in [-0.25, -0.2) is 4.79 Å². The molecule has 2 amide bonds. The zero-order chi connectivity index (χ0) is 20.9. The van der Waals surface area contributed by atoms with Gasteiger partial charge in [-0.3, -0.25) is 0 Å². The Morgan fingerprint density at radius 3 is 2.18 bits per heavy atom. The van der Waals surface area contributed by atoms with Gasteiger partial charge >= 0.3 is 18.6 Å². The van der Waals surface area contributed by atoms with Crippen LogP contribution in [-0.2, 0) is 19.3 Å². The highest BCUT2D eigenvalue weighted by atomic mass is 19.4. The van der Waals surface area contributed by atoms with Crippen LogP contribution in [-0.4, -0.2) is 24.3 Å². The van der Waals surface area contributed by atoms with Crippen molar-refractivity contribution in [3.63, 3.8) is 0 Å². The number of benzene rings is 2. The lowest BCUT2D eigenvalue weighted by atomic mass is 10.1. The third-order valence-corrected chi connectivity index (χ3v) is 3.68. The molecule has 28 heavy (non-hydrogen) atoms. The first-order chi connectivity index (χ1) is 13.0. The van der Waals surface area contributed by atoms with Crippen molar-refractivity contribution in [1.29, 1.82) is 0 Å². The van der Waals surface area contributed by atoms with Gasteiger partial charge in [-0.1, -0.05) is 30.3 Å². The van der Waals surface area contributed by atoms with Gasteiger partial charge in [-0.05, 0) is 23.8 Å². The summed E-state index contributed by atoms with van der Waals surface area (Å²) in [7, 11) is 1.41. The molecule has 152 valence electrons. The van der Waals surface area contributed by atoms with E-state index in [1.165, 1.54) is 42.3 Å². The van der Waals surface area contributed by atoms with Gasteiger partial charge in [-0.2, -0.15) is 13.2 Å². The molecule has 0 aliphatic heterocycles. The van der Waals surface area contributed by atoms with Gasteiger partial charge in [0.2, 0.25) is 0 Å². The molecular formula is C18H16F6N2O2. The van der Waals surface area contributed by atoms with Crippen LogP contribution in [0.3, 0.4) is 0 Å². The third kappa shape index (κ3) is 6.36. The standard InChI is InChI=1S/C18H16F6N2O2/c1-26(11-12-6-8-14(9-7-12)17(19,20)21)16(27)25-10-13-4-2-3-5-15(13)28-18(22,23)24/h2-9H,10-11H2,1H3,(H,25,27). The van der Waals surface area contributed by atoms with E-state index < -0.39 is 29.9 Å². The molecule has 0 saturated carbocycles. The van der Waals surface area contributed by atoms with Gasteiger partial charge in [-0.15, -0.1) is 13.2 Å². The lowest BCUT2D eigenvalue weighted by Crippen LogP contribution is -2.36. The maximum atomic E-state index is 12.6. The number of carbonyl (C=O) groups is 1. The second-order valence-electron chi connectivity index (χ2n) is 5.86. The number of carbonyl (C=O) groups excluding carboxylic acids is 1. The molecule has 1 N–H and O–H groups in total. The Hall–Kier alpha value is -2.91. The van der Waals surface area contributed by atoms with Crippen LogP contribution in [0.1, 0.15) is 16.7 Å². The zero-order valence-electron chi connectivity index (χ0n) is 14.6. The molecule has 2 aromatic rings. The largest absolute Gasteiger partial charge is 0.573 e. The highest BCUT2D eigenvalue weighted by molar-refractivity contribution is 5.74. The van der Waals surface area contributed by atoms with Crippen molar-refractivity contribution in [1.82, 2.24) is 10.2 Å². The minimum absolute atomic E-state index is 0.0185. The maximum absolute atomic E-state index is 12.6. The Labute approximate surface area is 156 Å². The molecule has 2 rings (SSSR count). The number of hydrogen-bond acceptors (Lipinski definition) is 2. The van der Waals surface area contributed by atoms with Gasteiger partial charge < -0.3 is 15.0 Å².